The summed E-state index contributed by atoms with van der Waals surface area (Å²) in [6, 6.07) is 9.51. The number of rotatable bonds is 3. The first kappa shape index (κ1) is 14.0. The lowest BCUT2D eigenvalue weighted by atomic mass is 10.1. The summed E-state index contributed by atoms with van der Waals surface area (Å²) in [5.41, 5.74) is 3.48. The Labute approximate surface area is 128 Å². The van der Waals surface area contributed by atoms with Crippen LogP contribution in [-0.2, 0) is 0 Å². The van der Waals surface area contributed by atoms with Crippen molar-refractivity contribution in [2.45, 2.75) is 13.8 Å². The highest BCUT2D eigenvalue weighted by Crippen LogP contribution is 2.17. The number of amides is 1. The Hall–Kier alpha value is -2.95. The number of hydrogen-bond acceptors (Lipinski definition) is 3. The number of imidazole rings is 1. The molecule has 5 nitrogen and oxygen atoms in total. The number of pyridine rings is 1. The van der Waals surface area contributed by atoms with E-state index in [4.69, 9.17) is 0 Å². The third kappa shape index (κ3) is 2.88. The average Bonchev–Trinajstić information content (AvgIpc) is 3.05. The van der Waals surface area contributed by atoms with Crippen LogP contribution < -0.4 is 5.32 Å². The van der Waals surface area contributed by atoms with Crippen LogP contribution in [0.1, 0.15) is 21.5 Å². The van der Waals surface area contributed by atoms with Crippen molar-refractivity contribution in [1.82, 2.24) is 14.5 Å². The first-order chi connectivity index (χ1) is 10.6. The molecule has 0 aliphatic rings. The maximum absolute atomic E-state index is 12.3. The van der Waals surface area contributed by atoms with E-state index >= 15 is 0 Å². The van der Waals surface area contributed by atoms with E-state index in [0.29, 0.717) is 5.56 Å². The summed E-state index contributed by atoms with van der Waals surface area (Å²) in [6.45, 7) is 3.96. The lowest BCUT2D eigenvalue weighted by Gasteiger charge is -2.09. The molecule has 0 fully saturated rings. The molecule has 0 aliphatic carbocycles. The molecule has 0 bridgehead atoms. The van der Waals surface area contributed by atoms with E-state index in [-0.39, 0.29) is 5.91 Å². The number of benzene rings is 1. The Morgan fingerprint density at radius 2 is 2.05 bits per heavy atom. The van der Waals surface area contributed by atoms with Gasteiger partial charge in [-0.1, -0.05) is 12.1 Å². The fourth-order valence-electron chi connectivity index (χ4n) is 2.13. The summed E-state index contributed by atoms with van der Waals surface area (Å²) in [7, 11) is 0. The third-order valence-corrected chi connectivity index (χ3v) is 3.42. The third-order valence-electron chi connectivity index (χ3n) is 3.42. The van der Waals surface area contributed by atoms with Crippen molar-refractivity contribution in [1.29, 1.82) is 0 Å². The van der Waals surface area contributed by atoms with E-state index in [1.54, 1.807) is 41.6 Å². The van der Waals surface area contributed by atoms with Crippen molar-refractivity contribution in [3.63, 3.8) is 0 Å². The van der Waals surface area contributed by atoms with E-state index in [0.717, 1.165) is 22.6 Å². The minimum absolute atomic E-state index is 0.168. The van der Waals surface area contributed by atoms with Gasteiger partial charge in [0.15, 0.2) is 0 Å². The van der Waals surface area contributed by atoms with Gasteiger partial charge in [0.2, 0.25) is 0 Å². The van der Waals surface area contributed by atoms with Gasteiger partial charge in [-0.2, -0.15) is 0 Å². The second kappa shape index (κ2) is 5.81. The van der Waals surface area contributed by atoms with Crippen LogP contribution in [0.25, 0.3) is 5.82 Å². The van der Waals surface area contributed by atoms with Gasteiger partial charge < -0.3 is 5.32 Å². The molecule has 0 atom stereocenters. The number of hydrogen-bond donors (Lipinski definition) is 1. The number of aromatic nitrogens is 3. The molecule has 2 aromatic heterocycles. The first-order valence-electron chi connectivity index (χ1n) is 6.96. The van der Waals surface area contributed by atoms with Crippen molar-refractivity contribution in [2.24, 2.45) is 0 Å². The van der Waals surface area contributed by atoms with Crippen LogP contribution in [0.3, 0.4) is 0 Å². The maximum atomic E-state index is 12.3. The van der Waals surface area contributed by atoms with Crippen LogP contribution in [-0.4, -0.2) is 20.4 Å². The Morgan fingerprint density at radius 1 is 1.18 bits per heavy atom. The van der Waals surface area contributed by atoms with Gasteiger partial charge in [0.25, 0.3) is 5.91 Å². The largest absolute Gasteiger partial charge is 0.322 e. The van der Waals surface area contributed by atoms with Crippen LogP contribution in [0.15, 0.2) is 55.2 Å². The Bertz CT molecular complexity index is 792. The molecule has 0 radical (unpaired) electrons. The molecule has 1 N–H and O–H groups in total. The van der Waals surface area contributed by atoms with Gasteiger partial charge in [-0.3, -0.25) is 9.36 Å². The number of anilines is 1. The highest BCUT2D eigenvalue weighted by atomic mass is 16.1. The molecular formula is C17H16N4O. The summed E-state index contributed by atoms with van der Waals surface area (Å²) in [5, 5.41) is 2.92. The molecule has 1 aromatic carbocycles. The van der Waals surface area contributed by atoms with Gasteiger partial charge >= 0.3 is 0 Å². The molecule has 22 heavy (non-hydrogen) atoms. The van der Waals surface area contributed by atoms with Crippen molar-refractivity contribution < 1.29 is 4.79 Å². The molecule has 0 saturated heterocycles. The van der Waals surface area contributed by atoms with Gasteiger partial charge in [-0.25, -0.2) is 9.97 Å². The van der Waals surface area contributed by atoms with E-state index in [9.17, 15) is 4.79 Å². The minimum Gasteiger partial charge on any atom is -0.322 e. The molecule has 3 aromatic rings. The second-order valence-corrected chi connectivity index (χ2v) is 5.15. The number of carbonyl (C=O) groups is 1. The molecule has 5 heteroatoms. The maximum Gasteiger partial charge on any atom is 0.257 e. The second-order valence-electron chi connectivity index (χ2n) is 5.15. The van der Waals surface area contributed by atoms with Crippen molar-refractivity contribution in [2.75, 3.05) is 5.32 Å². The normalized spacial score (nSPS) is 10.5. The van der Waals surface area contributed by atoms with Gasteiger partial charge in [0.05, 0.1) is 5.56 Å². The first-order valence-corrected chi connectivity index (χ1v) is 6.96. The van der Waals surface area contributed by atoms with Crippen molar-refractivity contribution >= 4 is 11.6 Å². The van der Waals surface area contributed by atoms with Crippen molar-refractivity contribution in [3.8, 4) is 5.82 Å². The predicted octanol–water partition coefficient (Wildman–Crippen LogP) is 3.14. The molecule has 110 valence electrons. The zero-order valence-electron chi connectivity index (χ0n) is 12.4. The van der Waals surface area contributed by atoms with Gasteiger partial charge in [0, 0.05) is 24.3 Å². The van der Waals surface area contributed by atoms with Crippen LogP contribution in [0, 0.1) is 13.8 Å². The average molecular weight is 292 g/mol. The minimum atomic E-state index is -0.168. The Morgan fingerprint density at radius 3 is 2.73 bits per heavy atom. The van der Waals surface area contributed by atoms with Crippen LogP contribution in [0.5, 0.6) is 0 Å². The fraction of sp³-hybridized carbons (Fsp3) is 0.118. The summed E-state index contributed by atoms with van der Waals surface area (Å²) < 4.78 is 1.78. The van der Waals surface area contributed by atoms with Crippen molar-refractivity contribution in [3.05, 3.63) is 71.9 Å². The highest BCUT2D eigenvalue weighted by molar-refractivity contribution is 6.04. The lowest BCUT2D eigenvalue weighted by Crippen LogP contribution is -2.13. The van der Waals surface area contributed by atoms with Gasteiger partial charge in [-0.05, 0) is 43.2 Å². The molecular weight excluding hydrogens is 276 g/mol. The fourth-order valence-corrected chi connectivity index (χ4v) is 2.13. The molecule has 0 spiro atoms. The summed E-state index contributed by atoms with van der Waals surface area (Å²) in [6.07, 6.45) is 6.72. The number of nitrogens with zero attached hydrogens (tertiary/aromatic N) is 3. The van der Waals surface area contributed by atoms with Crippen LogP contribution in [0.2, 0.25) is 0 Å². The molecule has 0 unspecified atom stereocenters. The number of carbonyl (C=O) groups excluding carboxylic acids is 1. The molecule has 0 saturated carbocycles. The Balaban J connectivity index is 1.79. The number of nitrogens with one attached hydrogen (secondary N) is 1. The van der Waals surface area contributed by atoms with Crippen LogP contribution >= 0.6 is 0 Å². The monoisotopic (exact) mass is 292 g/mol. The van der Waals surface area contributed by atoms with E-state index in [1.165, 1.54) is 0 Å². The molecule has 1 amide bonds. The molecule has 0 aliphatic heterocycles. The predicted molar refractivity (Wildman–Crippen MR) is 85.2 cm³/mol. The summed E-state index contributed by atoms with van der Waals surface area (Å²) in [4.78, 5) is 20.6. The zero-order chi connectivity index (χ0) is 15.5. The zero-order valence-corrected chi connectivity index (χ0v) is 12.4. The van der Waals surface area contributed by atoms with E-state index in [1.807, 2.05) is 32.0 Å². The van der Waals surface area contributed by atoms with E-state index in [2.05, 4.69) is 15.3 Å². The molecule has 3 rings (SSSR count). The Kier molecular flexibility index (Phi) is 3.70. The van der Waals surface area contributed by atoms with Gasteiger partial charge in [0.1, 0.15) is 12.1 Å². The molecule has 2 heterocycles. The standard InChI is InChI=1S/C17H16N4O/c1-12-3-4-13(2)15(9-12)20-17(22)14-5-6-16(19-10-14)21-8-7-18-11-21/h3-11H,1-2H3,(H,20,22). The van der Waals surface area contributed by atoms with Crippen LogP contribution in [0.4, 0.5) is 5.69 Å². The SMILES string of the molecule is Cc1ccc(C)c(NC(=O)c2ccc(-n3ccnc3)nc2)c1. The quantitative estimate of drug-likeness (QED) is 0.806. The lowest BCUT2D eigenvalue weighted by molar-refractivity contribution is 0.102. The highest BCUT2D eigenvalue weighted by Gasteiger charge is 2.09. The number of aryl methyl sites for hydroxylation is 2. The van der Waals surface area contributed by atoms with E-state index < -0.39 is 0 Å². The summed E-state index contributed by atoms with van der Waals surface area (Å²) in [5.74, 6) is 0.555. The smallest absolute Gasteiger partial charge is 0.257 e. The topological polar surface area (TPSA) is 59.8 Å². The van der Waals surface area contributed by atoms with Gasteiger partial charge in [-0.15, -0.1) is 0 Å². The summed E-state index contributed by atoms with van der Waals surface area (Å²) >= 11 is 0.